The number of aliphatic imine (C=N–C) groups is 1. The van der Waals surface area contributed by atoms with Crippen LogP contribution in [0.25, 0.3) is 0 Å². The van der Waals surface area contributed by atoms with E-state index in [0.717, 1.165) is 5.84 Å². The van der Waals surface area contributed by atoms with Gasteiger partial charge < -0.3 is 5.32 Å². The predicted molar refractivity (Wildman–Crippen MR) is 43.7 cm³/mol. The first-order valence-electron chi connectivity index (χ1n) is 3.52. The second kappa shape index (κ2) is 2.22. The molecule has 0 aromatic rings. The number of carbonyl (C=O) groups is 1. The number of hydrogen-bond acceptors (Lipinski definition) is 2. The molecule has 1 heterocycles. The maximum absolute atomic E-state index is 11.1. The monoisotopic (exact) mass is 155 g/mol. The van der Waals surface area contributed by atoms with Gasteiger partial charge in [0.1, 0.15) is 5.84 Å². The van der Waals surface area contributed by atoms with Crippen LogP contribution in [-0.4, -0.2) is 36.4 Å². The van der Waals surface area contributed by atoms with Crippen LogP contribution in [0.15, 0.2) is 4.99 Å². The summed E-state index contributed by atoms with van der Waals surface area (Å²) in [5.74, 6) is 0.780. The zero-order valence-electron chi connectivity index (χ0n) is 7.30. The fourth-order valence-corrected chi connectivity index (χ4v) is 1.35. The van der Waals surface area contributed by atoms with Crippen molar-refractivity contribution >= 4 is 11.9 Å². The van der Waals surface area contributed by atoms with Crippen molar-refractivity contribution < 1.29 is 4.79 Å². The summed E-state index contributed by atoms with van der Waals surface area (Å²) in [6.07, 6.45) is 0. The lowest BCUT2D eigenvalue weighted by atomic mass is 10.1. The second-order valence-electron chi connectivity index (χ2n) is 3.16. The lowest BCUT2D eigenvalue weighted by Gasteiger charge is -2.17. The fourth-order valence-electron chi connectivity index (χ4n) is 1.35. The van der Waals surface area contributed by atoms with Gasteiger partial charge in [-0.05, 0) is 13.8 Å². The van der Waals surface area contributed by atoms with E-state index in [1.807, 2.05) is 13.8 Å². The van der Waals surface area contributed by atoms with E-state index >= 15 is 0 Å². The highest BCUT2D eigenvalue weighted by Crippen LogP contribution is 2.15. The van der Waals surface area contributed by atoms with Crippen molar-refractivity contribution in [3.63, 3.8) is 0 Å². The third kappa shape index (κ3) is 1.08. The highest BCUT2D eigenvalue weighted by molar-refractivity contribution is 6.09. The van der Waals surface area contributed by atoms with Crippen molar-refractivity contribution in [2.24, 2.45) is 4.99 Å². The Labute approximate surface area is 66.3 Å². The Morgan fingerprint density at radius 1 is 1.55 bits per heavy atom. The highest BCUT2D eigenvalue weighted by atomic mass is 16.2. The van der Waals surface area contributed by atoms with Crippen LogP contribution in [0.4, 0.5) is 4.79 Å². The molecule has 0 aliphatic carbocycles. The highest BCUT2D eigenvalue weighted by Gasteiger charge is 2.39. The normalized spacial score (nSPS) is 26.0. The minimum absolute atomic E-state index is 0.0874. The molecule has 1 saturated heterocycles. The van der Waals surface area contributed by atoms with Gasteiger partial charge in [0.2, 0.25) is 0 Å². The molecule has 62 valence electrons. The number of nitrogens with zero attached hydrogens (tertiary/aromatic N) is 2. The first-order chi connectivity index (χ1) is 4.99. The van der Waals surface area contributed by atoms with Crippen molar-refractivity contribution in [3.05, 3.63) is 0 Å². The molecule has 0 bridgehead atoms. The third-order valence-corrected chi connectivity index (χ3v) is 1.81. The second-order valence-corrected chi connectivity index (χ2v) is 3.16. The number of carbonyl (C=O) groups excluding carboxylic acids is 1. The van der Waals surface area contributed by atoms with Gasteiger partial charge >= 0.3 is 6.03 Å². The SMILES string of the molecule is CN=C1N(C)C(=O)NC1(C)C. The molecule has 0 atom stereocenters. The lowest BCUT2D eigenvalue weighted by Crippen LogP contribution is -2.40. The number of likely N-dealkylation sites (N-methyl/N-ethyl adjacent to an activating group) is 1. The number of hydrogen-bond donors (Lipinski definition) is 1. The summed E-state index contributed by atoms with van der Waals surface area (Å²) in [5.41, 5.74) is -0.319. The molecular weight excluding hydrogens is 142 g/mol. The molecule has 1 N–H and O–H groups in total. The summed E-state index contributed by atoms with van der Waals surface area (Å²) in [5, 5.41) is 2.80. The van der Waals surface area contributed by atoms with E-state index in [-0.39, 0.29) is 11.6 Å². The smallest absolute Gasteiger partial charge is 0.323 e. The van der Waals surface area contributed by atoms with Crippen LogP contribution in [0, 0.1) is 0 Å². The van der Waals surface area contributed by atoms with Crippen LogP contribution >= 0.6 is 0 Å². The molecule has 1 aliphatic rings. The molecule has 0 radical (unpaired) electrons. The molecule has 2 amide bonds. The van der Waals surface area contributed by atoms with Crippen molar-refractivity contribution in [1.82, 2.24) is 10.2 Å². The first-order valence-corrected chi connectivity index (χ1v) is 3.52. The molecule has 4 heteroatoms. The number of nitrogens with one attached hydrogen (secondary N) is 1. The van der Waals surface area contributed by atoms with Crippen molar-refractivity contribution in [3.8, 4) is 0 Å². The zero-order valence-corrected chi connectivity index (χ0v) is 7.30. The molecule has 0 spiro atoms. The number of rotatable bonds is 0. The molecule has 4 nitrogen and oxygen atoms in total. The van der Waals surface area contributed by atoms with E-state index in [1.54, 1.807) is 14.1 Å². The van der Waals surface area contributed by atoms with Crippen LogP contribution in [0.1, 0.15) is 13.8 Å². The van der Waals surface area contributed by atoms with Gasteiger partial charge in [-0.2, -0.15) is 0 Å². The summed E-state index contributed by atoms with van der Waals surface area (Å²) < 4.78 is 0. The largest absolute Gasteiger partial charge is 0.326 e. The van der Waals surface area contributed by atoms with E-state index < -0.39 is 0 Å². The minimum Gasteiger partial charge on any atom is -0.326 e. The van der Waals surface area contributed by atoms with Gasteiger partial charge in [-0.1, -0.05) is 0 Å². The zero-order chi connectivity index (χ0) is 8.65. The molecule has 1 aliphatic heterocycles. The summed E-state index contributed by atoms with van der Waals surface area (Å²) in [6, 6.07) is -0.0874. The Morgan fingerprint density at radius 2 is 2.09 bits per heavy atom. The molecule has 1 rings (SSSR count). The van der Waals surface area contributed by atoms with Crippen molar-refractivity contribution in [2.45, 2.75) is 19.4 Å². The summed E-state index contributed by atoms with van der Waals surface area (Å²) >= 11 is 0. The number of urea groups is 1. The topological polar surface area (TPSA) is 44.7 Å². The summed E-state index contributed by atoms with van der Waals surface area (Å²) in [6.45, 7) is 3.85. The maximum Gasteiger partial charge on any atom is 0.323 e. The lowest BCUT2D eigenvalue weighted by molar-refractivity contribution is 0.231. The Morgan fingerprint density at radius 3 is 2.27 bits per heavy atom. The van der Waals surface area contributed by atoms with Gasteiger partial charge in [-0.15, -0.1) is 0 Å². The number of amidine groups is 1. The molecule has 0 aromatic carbocycles. The van der Waals surface area contributed by atoms with E-state index in [0.29, 0.717) is 0 Å². The molecule has 0 unspecified atom stereocenters. The summed E-state index contributed by atoms with van der Waals surface area (Å²) in [7, 11) is 3.40. The van der Waals surface area contributed by atoms with Crippen LogP contribution in [-0.2, 0) is 0 Å². The van der Waals surface area contributed by atoms with Gasteiger partial charge in [0, 0.05) is 14.1 Å². The van der Waals surface area contributed by atoms with Crippen LogP contribution in [0.3, 0.4) is 0 Å². The van der Waals surface area contributed by atoms with E-state index in [9.17, 15) is 4.79 Å². The summed E-state index contributed by atoms with van der Waals surface area (Å²) in [4.78, 5) is 16.7. The van der Waals surface area contributed by atoms with Gasteiger partial charge in [-0.3, -0.25) is 9.89 Å². The first kappa shape index (κ1) is 8.04. The Hall–Kier alpha value is -1.06. The predicted octanol–water partition coefficient (Wildman–Crippen LogP) is 0.448. The molecule has 11 heavy (non-hydrogen) atoms. The average Bonchev–Trinajstić information content (AvgIpc) is 2.03. The van der Waals surface area contributed by atoms with Gasteiger partial charge in [-0.25, -0.2) is 4.79 Å². The third-order valence-electron chi connectivity index (χ3n) is 1.81. The van der Waals surface area contributed by atoms with E-state index in [2.05, 4.69) is 10.3 Å². The van der Waals surface area contributed by atoms with E-state index in [4.69, 9.17) is 0 Å². The average molecular weight is 155 g/mol. The molecule has 1 fully saturated rings. The van der Waals surface area contributed by atoms with Crippen molar-refractivity contribution in [1.29, 1.82) is 0 Å². The Bertz CT molecular complexity index is 220. The van der Waals surface area contributed by atoms with Crippen LogP contribution in [0.2, 0.25) is 0 Å². The standard InChI is InChI=1S/C7H13N3O/c1-7(2)5(8-3)10(4)6(11)9-7/h1-4H3,(H,9,11). The maximum atomic E-state index is 11.1. The minimum atomic E-state index is -0.319. The van der Waals surface area contributed by atoms with E-state index in [1.165, 1.54) is 4.90 Å². The molecule has 0 saturated carbocycles. The fraction of sp³-hybridized carbons (Fsp3) is 0.714. The van der Waals surface area contributed by atoms with Crippen molar-refractivity contribution in [2.75, 3.05) is 14.1 Å². The Kier molecular flexibility index (Phi) is 1.62. The quantitative estimate of drug-likeness (QED) is 0.542. The number of amides is 2. The van der Waals surface area contributed by atoms with Crippen LogP contribution in [0.5, 0.6) is 0 Å². The van der Waals surface area contributed by atoms with Crippen LogP contribution < -0.4 is 5.32 Å². The van der Waals surface area contributed by atoms with Gasteiger partial charge in [0.25, 0.3) is 0 Å². The Balaban J connectivity index is 3.01. The van der Waals surface area contributed by atoms with Gasteiger partial charge in [0.05, 0.1) is 5.54 Å². The molecule has 0 aromatic heterocycles. The molecular formula is C7H13N3O. The van der Waals surface area contributed by atoms with Gasteiger partial charge in [0.15, 0.2) is 0 Å².